The molecule has 0 radical (unpaired) electrons. The average Bonchev–Trinajstić information content (AvgIpc) is 3.36. The number of hydrogen-bond donors (Lipinski definition) is 2. The SMILES string of the molecule is O=C(NCCc1ccccc1)NCCc1nc2cccnc2n1C1CCCC1. The summed E-state index contributed by atoms with van der Waals surface area (Å²) < 4.78 is 2.30. The van der Waals surface area contributed by atoms with Gasteiger partial charge in [0.1, 0.15) is 11.3 Å². The summed E-state index contributed by atoms with van der Waals surface area (Å²) in [6.07, 6.45) is 8.26. The van der Waals surface area contributed by atoms with Gasteiger partial charge in [-0.05, 0) is 37.0 Å². The largest absolute Gasteiger partial charge is 0.338 e. The fourth-order valence-electron chi connectivity index (χ4n) is 4.01. The molecule has 0 spiro atoms. The van der Waals surface area contributed by atoms with E-state index in [1.165, 1.54) is 31.2 Å². The molecule has 2 amide bonds. The third-order valence-electron chi connectivity index (χ3n) is 5.39. The molecule has 1 aliphatic carbocycles. The lowest BCUT2D eigenvalue weighted by Crippen LogP contribution is -2.37. The summed E-state index contributed by atoms with van der Waals surface area (Å²) in [6, 6.07) is 14.5. The summed E-state index contributed by atoms with van der Waals surface area (Å²) in [7, 11) is 0. The number of benzene rings is 1. The summed E-state index contributed by atoms with van der Waals surface area (Å²) in [5, 5.41) is 5.88. The van der Waals surface area contributed by atoms with E-state index in [4.69, 9.17) is 4.98 Å². The van der Waals surface area contributed by atoms with Crippen LogP contribution in [0.25, 0.3) is 11.2 Å². The molecule has 3 aromatic rings. The Morgan fingerprint density at radius 3 is 2.54 bits per heavy atom. The first-order valence-electron chi connectivity index (χ1n) is 10.2. The van der Waals surface area contributed by atoms with Crippen molar-refractivity contribution in [3.63, 3.8) is 0 Å². The molecule has 2 heterocycles. The van der Waals surface area contributed by atoms with Crippen LogP contribution in [0.3, 0.4) is 0 Å². The molecule has 6 heteroatoms. The molecule has 2 aromatic heterocycles. The molecule has 2 N–H and O–H groups in total. The molecule has 0 bridgehead atoms. The number of imidazole rings is 1. The van der Waals surface area contributed by atoms with Crippen molar-refractivity contribution in [2.75, 3.05) is 13.1 Å². The summed E-state index contributed by atoms with van der Waals surface area (Å²) in [6.45, 7) is 1.19. The number of aromatic nitrogens is 3. The maximum absolute atomic E-state index is 12.1. The smallest absolute Gasteiger partial charge is 0.314 e. The Balaban J connectivity index is 1.31. The highest BCUT2D eigenvalue weighted by molar-refractivity contribution is 5.74. The predicted molar refractivity (Wildman–Crippen MR) is 110 cm³/mol. The summed E-state index contributed by atoms with van der Waals surface area (Å²) in [5.41, 5.74) is 3.13. The summed E-state index contributed by atoms with van der Waals surface area (Å²) >= 11 is 0. The number of carbonyl (C=O) groups is 1. The zero-order valence-electron chi connectivity index (χ0n) is 16.1. The molecule has 4 rings (SSSR count). The van der Waals surface area contributed by atoms with Gasteiger partial charge in [0.25, 0.3) is 0 Å². The molecule has 1 aromatic carbocycles. The van der Waals surface area contributed by atoms with Gasteiger partial charge in [-0.1, -0.05) is 43.2 Å². The third-order valence-corrected chi connectivity index (χ3v) is 5.39. The number of nitrogens with one attached hydrogen (secondary N) is 2. The van der Waals surface area contributed by atoms with E-state index >= 15 is 0 Å². The second kappa shape index (κ2) is 8.87. The van der Waals surface area contributed by atoms with E-state index in [9.17, 15) is 4.79 Å². The summed E-state index contributed by atoms with van der Waals surface area (Å²) in [5.74, 6) is 1.02. The minimum atomic E-state index is -0.127. The van der Waals surface area contributed by atoms with E-state index in [0.717, 1.165) is 23.4 Å². The first kappa shape index (κ1) is 18.5. The highest BCUT2D eigenvalue weighted by Crippen LogP contribution is 2.33. The third kappa shape index (κ3) is 4.32. The number of amides is 2. The predicted octanol–water partition coefficient (Wildman–Crippen LogP) is 3.63. The van der Waals surface area contributed by atoms with Gasteiger partial charge in [0, 0.05) is 31.7 Å². The number of carbonyl (C=O) groups excluding carboxylic acids is 1. The Morgan fingerprint density at radius 1 is 1.00 bits per heavy atom. The Bertz CT molecular complexity index is 915. The van der Waals surface area contributed by atoms with E-state index in [2.05, 4.69) is 32.3 Å². The van der Waals surface area contributed by atoms with E-state index < -0.39 is 0 Å². The van der Waals surface area contributed by atoms with E-state index in [1.807, 2.05) is 36.5 Å². The Kier molecular flexibility index (Phi) is 5.85. The van der Waals surface area contributed by atoms with Gasteiger partial charge in [0.05, 0.1) is 0 Å². The number of rotatable bonds is 7. The monoisotopic (exact) mass is 377 g/mol. The van der Waals surface area contributed by atoms with Crippen LogP contribution in [0.2, 0.25) is 0 Å². The van der Waals surface area contributed by atoms with Crippen LogP contribution >= 0.6 is 0 Å². The molecule has 28 heavy (non-hydrogen) atoms. The normalized spacial score (nSPS) is 14.4. The van der Waals surface area contributed by atoms with Gasteiger partial charge in [0.2, 0.25) is 0 Å². The molecular weight excluding hydrogens is 350 g/mol. The molecule has 1 fully saturated rings. The fourth-order valence-corrected chi connectivity index (χ4v) is 4.01. The van der Waals surface area contributed by atoms with Crippen LogP contribution < -0.4 is 10.6 Å². The number of nitrogens with zero attached hydrogens (tertiary/aromatic N) is 3. The minimum absolute atomic E-state index is 0.127. The topological polar surface area (TPSA) is 71.8 Å². The van der Waals surface area contributed by atoms with Crippen LogP contribution in [0.5, 0.6) is 0 Å². The number of fused-ring (bicyclic) bond motifs is 1. The van der Waals surface area contributed by atoms with Crippen molar-refractivity contribution in [1.82, 2.24) is 25.2 Å². The molecule has 0 unspecified atom stereocenters. The van der Waals surface area contributed by atoms with Crippen molar-refractivity contribution in [2.24, 2.45) is 0 Å². The van der Waals surface area contributed by atoms with E-state index in [-0.39, 0.29) is 6.03 Å². The molecule has 0 saturated heterocycles. The van der Waals surface area contributed by atoms with Crippen molar-refractivity contribution in [1.29, 1.82) is 0 Å². The molecular formula is C22H27N5O. The Hall–Kier alpha value is -2.89. The van der Waals surface area contributed by atoms with Gasteiger partial charge in [-0.3, -0.25) is 0 Å². The highest BCUT2D eigenvalue weighted by atomic mass is 16.2. The fraction of sp³-hybridized carbons (Fsp3) is 0.409. The zero-order valence-corrected chi connectivity index (χ0v) is 16.1. The van der Waals surface area contributed by atoms with Crippen molar-refractivity contribution >= 4 is 17.2 Å². The van der Waals surface area contributed by atoms with Crippen molar-refractivity contribution in [3.8, 4) is 0 Å². The quantitative estimate of drug-likeness (QED) is 0.660. The van der Waals surface area contributed by atoms with E-state index in [1.54, 1.807) is 0 Å². The maximum Gasteiger partial charge on any atom is 0.314 e. The summed E-state index contributed by atoms with van der Waals surface area (Å²) in [4.78, 5) is 21.4. The van der Waals surface area contributed by atoms with Crippen molar-refractivity contribution in [2.45, 2.75) is 44.6 Å². The van der Waals surface area contributed by atoms with Crippen LogP contribution in [-0.2, 0) is 12.8 Å². The second-order valence-corrected chi connectivity index (χ2v) is 7.35. The lowest BCUT2D eigenvalue weighted by atomic mass is 10.1. The molecule has 0 aliphatic heterocycles. The lowest BCUT2D eigenvalue weighted by Gasteiger charge is -2.16. The number of pyridine rings is 1. The highest BCUT2D eigenvalue weighted by Gasteiger charge is 2.23. The molecule has 1 aliphatic rings. The Morgan fingerprint density at radius 2 is 1.75 bits per heavy atom. The number of urea groups is 1. The van der Waals surface area contributed by atoms with E-state index in [0.29, 0.717) is 25.6 Å². The van der Waals surface area contributed by atoms with Crippen molar-refractivity contribution < 1.29 is 4.79 Å². The lowest BCUT2D eigenvalue weighted by molar-refractivity contribution is 0.241. The van der Waals surface area contributed by atoms with Gasteiger partial charge >= 0.3 is 6.03 Å². The van der Waals surface area contributed by atoms with Gasteiger partial charge in [-0.25, -0.2) is 14.8 Å². The van der Waals surface area contributed by atoms with Gasteiger partial charge in [-0.15, -0.1) is 0 Å². The molecule has 1 saturated carbocycles. The minimum Gasteiger partial charge on any atom is -0.338 e. The van der Waals surface area contributed by atoms with Gasteiger partial charge in [0.15, 0.2) is 5.65 Å². The van der Waals surface area contributed by atoms with Gasteiger partial charge < -0.3 is 15.2 Å². The first-order valence-corrected chi connectivity index (χ1v) is 10.2. The van der Waals surface area contributed by atoms with Crippen LogP contribution in [0.15, 0.2) is 48.7 Å². The molecule has 146 valence electrons. The van der Waals surface area contributed by atoms with Crippen LogP contribution in [0, 0.1) is 0 Å². The van der Waals surface area contributed by atoms with Gasteiger partial charge in [-0.2, -0.15) is 0 Å². The van der Waals surface area contributed by atoms with Crippen molar-refractivity contribution in [3.05, 3.63) is 60.0 Å². The first-order chi connectivity index (χ1) is 13.8. The maximum atomic E-state index is 12.1. The molecule has 0 atom stereocenters. The second-order valence-electron chi connectivity index (χ2n) is 7.35. The van der Waals surface area contributed by atoms with Crippen LogP contribution in [-0.4, -0.2) is 33.7 Å². The average molecular weight is 377 g/mol. The zero-order chi connectivity index (χ0) is 19.2. The number of hydrogen-bond acceptors (Lipinski definition) is 3. The standard InChI is InChI=1S/C22H27N5O/c28-22(24-15-12-17-7-2-1-3-8-17)25-16-13-20-26-19-11-6-14-23-21(19)27(20)18-9-4-5-10-18/h1-3,6-8,11,14,18H,4-5,9-10,12-13,15-16H2,(H2,24,25,28). The Labute approximate surface area is 165 Å². The molecule has 6 nitrogen and oxygen atoms in total. The van der Waals surface area contributed by atoms with Crippen LogP contribution in [0.1, 0.15) is 43.1 Å². The van der Waals surface area contributed by atoms with Crippen LogP contribution in [0.4, 0.5) is 4.79 Å².